The highest BCUT2D eigenvalue weighted by molar-refractivity contribution is 8.00. The lowest BCUT2D eigenvalue weighted by Gasteiger charge is -2.18. The summed E-state index contributed by atoms with van der Waals surface area (Å²) in [5.41, 5.74) is 0. The minimum absolute atomic E-state index is 0.0935. The van der Waals surface area contributed by atoms with Gasteiger partial charge in [0.05, 0.1) is 17.1 Å². The third-order valence-electron chi connectivity index (χ3n) is 5.03. The first-order chi connectivity index (χ1) is 12.2. The van der Waals surface area contributed by atoms with Gasteiger partial charge in [-0.3, -0.25) is 4.90 Å². The highest BCUT2D eigenvalue weighted by Crippen LogP contribution is 2.45. The summed E-state index contributed by atoms with van der Waals surface area (Å²) in [4.78, 5) is 7.51. The summed E-state index contributed by atoms with van der Waals surface area (Å²) in [7, 11) is 0. The van der Waals surface area contributed by atoms with Gasteiger partial charge in [-0.2, -0.15) is 0 Å². The summed E-state index contributed by atoms with van der Waals surface area (Å²) in [5, 5.41) is 10.8. The van der Waals surface area contributed by atoms with Crippen LogP contribution < -0.4 is 0 Å². The van der Waals surface area contributed by atoms with Crippen LogP contribution in [0.15, 0.2) is 52.5 Å². The molecule has 2 aromatic rings. The van der Waals surface area contributed by atoms with E-state index in [4.69, 9.17) is 0 Å². The van der Waals surface area contributed by atoms with Crippen molar-refractivity contribution in [2.45, 2.75) is 28.0 Å². The number of hydrogen-bond donors (Lipinski definition) is 1. The molecule has 1 aromatic carbocycles. The molecule has 1 aliphatic carbocycles. The lowest BCUT2D eigenvalue weighted by atomic mass is 10.0. The number of nitrogens with zero attached hydrogens (tertiary/aromatic N) is 2. The van der Waals surface area contributed by atoms with Crippen LogP contribution >= 0.6 is 23.5 Å². The first-order valence-electron chi connectivity index (χ1n) is 8.59. The number of pyridine rings is 1. The van der Waals surface area contributed by atoms with Crippen LogP contribution in [0.2, 0.25) is 0 Å². The number of fused-ring (bicyclic) bond motifs is 1. The molecule has 2 fully saturated rings. The van der Waals surface area contributed by atoms with E-state index in [1.165, 1.54) is 19.0 Å². The van der Waals surface area contributed by atoms with Gasteiger partial charge >= 0.3 is 0 Å². The van der Waals surface area contributed by atoms with Gasteiger partial charge in [0.25, 0.3) is 0 Å². The quantitative estimate of drug-likeness (QED) is 0.779. The second-order valence-electron chi connectivity index (χ2n) is 6.83. The topological polar surface area (TPSA) is 36.4 Å². The molecule has 0 bridgehead atoms. The zero-order chi connectivity index (χ0) is 17.2. The van der Waals surface area contributed by atoms with Crippen molar-refractivity contribution in [2.75, 3.05) is 19.0 Å². The maximum Gasteiger partial charge on any atom is 0.136 e. The molecule has 25 heavy (non-hydrogen) atoms. The van der Waals surface area contributed by atoms with E-state index in [1.807, 2.05) is 18.2 Å². The fourth-order valence-corrected chi connectivity index (χ4v) is 6.08. The number of rotatable bonds is 5. The molecule has 0 spiro atoms. The van der Waals surface area contributed by atoms with Gasteiger partial charge in [-0.15, -0.1) is 11.8 Å². The molecule has 132 valence electrons. The Morgan fingerprint density at radius 2 is 1.88 bits per heavy atom. The van der Waals surface area contributed by atoms with Gasteiger partial charge in [0.1, 0.15) is 11.6 Å². The number of halogens is 1. The molecule has 0 radical (unpaired) electrons. The Balaban J connectivity index is 1.26. The number of aromatic hydroxyl groups is 1. The summed E-state index contributed by atoms with van der Waals surface area (Å²) in [6.07, 6.45) is 3.86. The van der Waals surface area contributed by atoms with Crippen LogP contribution in [0.25, 0.3) is 0 Å². The van der Waals surface area contributed by atoms with Gasteiger partial charge in [-0.05, 0) is 48.9 Å². The molecule has 1 aromatic heterocycles. The van der Waals surface area contributed by atoms with E-state index in [0.29, 0.717) is 5.25 Å². The molecule has 1 saturated carbocycles. The Morgan fingerprint density at radius 1 is 1.12 bits per heavy atom. The van der Waals surface area contributed by atoms with E-state index in [0.717, 1.165) is 40.7 Å². The highest BCUT2D eigenvalue weighted by atomic mass is 32.2. The van der Waals surface area contributed by atoms with Crippen molar-refractivity contribution >= 4 is 23.5 Å². The Labute approximate surface area is 156 Å². The zero-order valence-electron chi connectivity index (χ0n) is 13.8. The van der Waals surface area contributed by atoms with Crippen LogP contribution in [0.3, 0.4) is 0 Å². The summed E-state index contributed by atoms with van der Waals surface area (Å²) in [6, 6.07) is 10.6. The van der Waals surface area contributed by atoms with Crippen LogP contribution in [0, 0.1) is 17.7 Å². The average molecular weight is 377 g/mol. The number of benzene rings is 1. The monoisotopic (exact) mass is 376 g/mol. The molecule has 0 amide bonds. The smallest absolute Gasteiger partial charge is 0.136 e. The van der Waals surface area contributed by atoms with Crippen LogP contribution in [0.1, 0.15) is 12.8 Å². The van der Waals surface area contributed by atoms with Crippen molar-refractivity contribution in [1.29, 1.82) is 0 Å². The Hall–Kier alpha value is -1.24. The maximum atomic E-state index is 13.8. The van der Waals surface area contributed by atoms with Gasteiger partial charge in [0.15, 0.2) is 0 Å². The summed E-state index contributed by atoms with van der Waals surface area (Å²) >= 11 is 3.43. The lowest BCUT2D eigenvalue weighted by Crippen LogP contribution is -2.22. The number of hydrogen-bond acceptors (Lipinski definition) is 5. The van der Waals surface area contributed by atoms with Gasteiger partial charge in [0, 0.05) is 23.2 Å². The Bertz CT molecular complexity index is 714. The fraction of sp³-hybridized carbons (Fsp3) is 0.421. The van der Waals surface area contributed by atoms with Gasteiger partial charge < -0.3 is 5.11 Å². The molecule has 3 atom stereocenters. The fourth-order valence-electron chi connectivity index (χ4n) is 3.88. The van der Waals surface area contributed by atoms with E-state index in [1.54, 1.807) is 41.7 Å². The van der Waals surface area contributed by atoms with Crippen molar-refractivity contribution in [3.05, 3.63) is 48.4 Å². The minimum atomic E-state index is -0.0935. The van der Waals surface area contributed by atoms with E-state index >= 15 is 0 Å². The van der Waals surface area contributed by atoms with Crippen LogP contribution in [0.4, 0.5) is 4.39 Å². The van der Waals surface area contributed by atoms with E-state index in [2.05, 4.69) is 9.88 Å². The predicted molar refractivity (Wildman–Crippen MR) is 100 cm³/mol. The molecule has 3 nitrogen and oxygen atoms in total. The van der Waals surface area contributed by atoms with Crippen LogP contribution in [-0.2, 0) is 0 Å². The molecule has 1 saturated heterocycles. The zero-order valence-corrected chi connectivity index (χ0v) is 15.5. The number of aromatic nitrogens is 1. The van der Waals surface area contributed by atoms with Crippen LogP contribution in [0.5, 0.6) is 5.75 Å². The van der Waals surface area contributed by atoms with Gasteiger partial charge in [0.2, 0.25) is 0 Å². The lowest BCUT2D eigenvalue weighted by molar-refractivity contribution is 0.365. The van der Waals surface area contributed by atoms with Crippen LogP contribution in [-0.4, -0.2) is 39.2 Å². The van der Waals surface area contributed by atoms with Crippen molar-refractivity contribution in [3.8, 4) is 5.75 Å². The standard InChI is InChI=1S/C19H21FN2OS2/c20-17-3-1-2-4-18(17)25-16-7-13-10-22(11-14(13)8-16)12-24-19-6-5-15(23)9-21-19/h1-6,9,13-14,16,23H,7-8,10-12H2/t13-,14+,16?. The third-order valence-corrected chi connectivity index (χ3v) is 7.36. The SMILES string of the molecule is Oc1ccc(SCN2C[C@H]3CC(Sc4ccccc4F)C[C@H]3C2)nc1. The molecule has 4 rings (SSSR count). The molecule has 6 heteroatoms. The van der Waals surface area contributed by atoms with Crippen molar-refractivity contribution < 1.29 is 9.50 Å². The molecular weight excluding hydrogens is 355 g/mol. The number of likely N-dealkylation sites (tertiary alicyclic amines) is 1. The average Bonchev–Trinajstić information content (AvgIpc) is 3.14. The largest absolute Gasteiger partial charge is 0.506 e. The van der Waals surface area contributed by atoms with E-state index < -0.39 is 0 Å². The molecule has 2 heterocycles. The molecule has 1 unspecified atom stereocenters. The normalized spacial score (nSPS) is 26.0. The molecule has 1 N–H and O–H groups in total. The second kappa shape index (κ2) is 7.56. The summed E-state index contributed by atoms with van der Waals surface area (Å²) in [6.45, 7) is 2.26. The summed E-state index contributed by atoms with van der Waals surface area (Å²) in [5.74, 6) is 2.52. The molecule has 1 aliphatic heterocycles. The van der Waals surface area contributed by atoms with Crippen molar-refractivity contribution in [3.63, 3.8) is 0 Å². The maximum absolute atomic E-state index is 13.8. The predicted octanol–water partition coefficient (Wildman–Crippen LogP) is 4.48. The first-order valence-corrected chi connectivity index (χ1v) is 10.5. The summed E-state index contributed by atoms with van der Waals surface area (Å²) < 4.78 is 13.8. The van der Waals surface area contributed by atoms with E-state index in [-0.39, 0.29) is 11.6 Å². The number of thioether (sulfide) groups is 2. The molecule has 2 aliphatic rings. The van der Waals surface area contributed by atoms with Gasteiger partial charge in [-0.25, -0.2) is 9.37 Å². The first kappa shape index (κ1) is 17.2. The van der Waals surface area contributed by atoms with E-state index in [9.17, 15) is 9.50 Å². The third kappa shape index (κ3) is 4.13. The van der Waals surface area contributed by atoms with Gasteiger partial charge in [-0.1, -0.05) is 23.9 Å². The Morgan fingerprint density at radius 3 is 2.56 bits per heavy atom. The molecular formula is C19H21FN2OS2. The van der Waals surface area contributed by atoms with Crippen molar-refractivity contribution in [2.24, 2.45) is 11.8 Å². The highest BCUT2D eigenvalue weighted by Gasteiger charge is 2.41. The van der Waals surface area contributed by atoms with Crippen molar-refractivity contribution in [1.82, 2.24) is 9.88 Å². The second-order valence-corrected chi connectivity index (χ2v) is 9.13. The Kier molecular flexibility index (Phi) is 5.20. The minimum Gasteiger partial charge on any atom is -0.506 e.